The number of ether oxygens (including phenoxy) is 1. The highest BCUT2D eigenvalue weighted by molar-refractivity contribution is 5.82. The Labute approximate surface area is 121 Å². The van der Waals surface area contributed by atoms with E-state index in [2.05, 4.69) is 0 Å². The smallest absolute Gasteiger partial charge is 0.138 e. The first kappa shape index (κ1) is 15.0. The molecular weight excluding hydrogens is 250 g/mol. The largest absolute Gasteiger partial charge is 0.496 e. The maximum atomic E-state index is 12.4. The zero-order valence-corrected chi connectivity index (χ0v) is 12.4. The Bertz CT molecular complexity index is 450. The molecule has 20 heavy (non-hydrogen) atoms. The number of carbonyl (C=O) groups excluding carboxylic acids is 1. The number of rotatable bonds is 6. The van der Waals surface area contributed by atoms with Gasteiger partial charge in [-0.15, -0.1) is 0 Å². The highest BCUT2D eigenvalue weighted by Gasteiger charge is 2.32. The molecule has 0 saturated heterocycles. The van der Waals surface area contributed by atoms with E-state index >= 15 is 0 Å². The van der Waals surface area contributed by atoms with Crippen LogP contribution in [0.1, 0.15) is 44.1 Å². The number of ketones is 1. The number of hydrogen-bond donors (Lipinski definition) is 1. The highest BCUT2D eigenvalue weighted by atomic mass is 16.5. The van der Waals surface area contributed by atoms with E-state index in [9.17, 15) is 4.79 Å². The Balaban J connectivity index is 2.01. The van der Waals surface area contributed by atoms with E-state index in [0.29, 0.717) is 19.4 Å². The molecule has 1 aromatic carbocycles. The van der Waals surface area contributed by atoms with Crippen molar-refractivity contribution in [3.63, 3.8) is 0 Å². The molecule has 0 spiro atoms. The van der Waals surface area contributed by atoms with Gasteiger partial charge in [-0.2, -0.15) is 0 Å². The van der Waals surface area contributed by atoms with Crippen LogP contribution in [-0.4, -0.2) is 19.4 Å². The lowest BCUT2D eigenvalue weighted by molar-refractivity contribution is -0.121. The topological polar surface area (TPSA) is 52.3 Å². The minimum atomic E-state index is 0.0529. The van der Waals surface area contributed by atoms with E-state index in [1.54, 1.807) is 7.11 Å². The van der Waals surface area contributed by atoms with Crippen molar-refractivity contribution in [2.45, 2.75) is 44.9 Å². The first-order chi connectivity index (χ1) is 9.69. The number of Topliss-reactive ketones (excluding diaryl/α,β-unsaturated/α-hetero) is 1. The summed E-state index contributed by atoms with van der Waals surface area (Å²) in [7, 11) is 1.64. The van der Waals surface area contributed by atoms with Gasteiger partial charge in [0.25, 0.3) is 0 Å². The molecule has 0 aliphatic heterocycles. The number of hydrogen-bond acceptors (Lipinski definition) is 3. The second-order valence-corrected chi connectivity index (χ2v) is 5.97. The van der Waals surface area contributed by atoms with Crippen LogP contribution in [0.4, 0.5) is 0 Å². The third-order valence-electron chi connectivity index (χ3n) is 4.50. The van der Waals surface area contributed by atoms with Crippen LogP contribution < -0.4 is 10.5 Å². The summed E-state index contributed by atoms with van der Waals surface area (Å²) in [4.78, 5) is 12.4. The quantitative estimate of drug-likeness (QED) is 0.868. The molecule has 0 heterocycles. The minimum Gasteiger partial charge on any atom is -0.496 e. The molecule has 0 amide bonds. The van der Waals surface area contributed by atoms with Crippen molar-refractivity contribution in [2.24, 2.45) is 11.1 Å². The van der Waals surface area contributed by atoms with Gasteiger partial charge in [0, 0.05) is 18.4 Å². The van der Waals surface area contributed by atoms with Gasteiger partial charge in [-0.05, 0) is 30.9 Å². The van der Waals surface area contributed by atoms with Crippen LogP contribution in [0.2, 0.25) is 0 Å². The van der Waals surface area contributed by atoms with Crippen LogP contribution in [0.25, 0.3) is 0 Å². The summed E-state index contributed by atoms with van der Waals surface area (Å²) in [5, 5.41) is 0. The lowest BCUT2D eigenvalue weighted by Gasteiger charge is -2.35. The van der Waals surface area contributed by atoms with Gasteiger partial charge in [-0.3, -0.25) is 4.79 Å². The lowest BCUT2D eigenvalue weighted by atomic mass is 9.70. The molecule has 1 fully saturated rings. The molecule has 0 unspecified atom stereocenters. The SMILES string of the molecule is COc1ccccc1CC(=O)CC1(CN)CCCCC1. The summed E-state index contributed by atoms with van der Waals surface area (Å²) in [5.41, 5.74) is 6.99. The van der Waals surface area contributed by atoms with Crippen LogP contribution in [0.5, 0.6) is 5.75 Å². The number of benzene rings is 1. The first-order valence-electron chi connectivity index (χ1n) is 7.53. The summed E-state index contributed by atoms with van der Waals surface area (Å²) in [5.74, 6) is 1.08. The fourth-order valence-electron chi connectivity index (χ4n) is 3.30. The van der Waals surface area contributed by atoms with Crippen molar-refractivity contribution in [1.29, 1.82) is 0 Å². The van der Waals surface area contributed by atoms with Gasteiger partial charge in [-0.1, -0.05) is 37.5 Å². The van der Waals surface area contributed by atoms with Gasteiger partial charge in [0.05, 0.1) is 7.11 Å². The van der Waals surface area contributed by atoms with E-state index < -0.39 is 0 Å². The average Bonchev–Trinajstić information content (AvgIpc) is 2.48. The van der Waals surface area contributed by atoms with Crippen LogP contribution in [0.3, 0.4) is 0 Å². The molecule has 1 aromatic rings. The first-order valence-corrected chi connectivity index (χ1v) is 7.53. The van der Waals surface area contributed by atoms with Gasteiger partial charge < -0.3 is 10.5 Å². The fourth-order valence-corrected chi connectivity index (χ4v) is 3.30. The van der Waals surface area contributed by atoms with Gasteiger partial charge in [0.1, 0.15) is 11.5 Å². The molecular formula is C17H25NO2. The van der Waals surface area contributed by atoms with Crippen LogP contribution in [0, 0.1) is 5.41 Å². The maximum absolute atomic E-state index is 12.4. The van der Waals surface area contributed by atoms with Gasteiger partial charge in [0.2, 0.25) is 0 Å². The fraction of sp³-hybridized carbons (Fsp3) is 0.588. The standard InChI is InChI=1S/C17H25NO2/c1-20-16-8-4-3-7-14(16)11-15(19)12-17(13-18)9-5-2-6-10-17/h3-4,7-8H,2,5-6,9-13,18H2,1H3. The molecule has 0 atom stereocenters. The monoisotopic (exact) mass is 275 g/mol. The molecule has 3 nitrogen and oxygen atoms in total. The lowest BCUT2D eigenvalue weighted by Crippen LogP contribution is -2.35. The van der Waals surface area contributed by atoms with E-state index in [1.165, 1.54) is 19.3 Å². The molecule has 110 valence electrons. The molecule has 0 aromatic heterocycles. The van der Waals surface area contributed by atoms with E-state index in [0.717, 1.165) is 24.2 Å². The molecule has 0 bridgehead atoms. The maximum Gasteiger partial charge on any atom is 0.138 e. The molecule has 2 N–H and O–H groups in total. The second-order valence-electron chi connectivity index (χ2n) is 5.97. The Kier molecular flexibility index (Phi) is 5.18. The summed E-state index contributed by atoms with van der Waals surface area (Å²) < 4.78 is 5.31. The highest BCUT2D eigenvalue weighted by Crippen LogP contribution is 2.39. The summed E-state index contributed by atoms with van der Waals surface area (Å²) in [6.07, 6.45) is 6.95. The Hall–Kier alpha value is -1.35. The molecule has 1 aliphatic carbocycles. The van der Waals surface area contributed by atoms with Crippen LogP contribution in [0.15, 0.2) is 24.3 Å². The van der Waals surface area contributed by atoms with Crippen LogP contribution >= 0.6 is 0 Å². The predicted octanol–water partition coefficient (Wildman–Crippen LogP) is 3.11. The molecule has 3 heteroatoms. The zero-order valence-electron chi connectivity index (χ0n) is 12.4. The van der Waals surface area contributed by atoms with E-state index in [-0.39, 0.29) is 11.2 Å². The van der Waals surface area contributed by atoms with Crippen molar-refractivity contribution in [3.05, 3.63) is 29.8 Å². The number of para-hydroxylation sites is 1. The summed E-state index contributed by atoms with van der Waals surface area (Å²) in [6.45, 7) is 0.630. The van der Waals surface area contributed by atoms with Crippen molar-refractivity contribution < 1.29 is 9.53 Å². The molecule has 0 radical (unpaired) electrons. The summed E-state index contributed by atoms with van der Waals surface area (Å²) in [6, 6.07) is 7.74. The third-order valence-corrected chi connectivity index (χ3v) is 4.50. The Morgan fingerprint density at radius 2 is 1.95 bits per heavy atom. The zero-order chi connectivity index (χ0) is 14.4. The minimum absolute atomic E-state index is 0.0529. The van der Waals surface area contributed by atoms with Crippen LogP contribution in [-0.2, 0) is 11.2 Å². The van der Waals surface area contributed by atoms with Gasteiger partial charge in [0.15, 0.2) is 0 Å². The average molecular weight is 275 g/mol. The molecule has 1 saturated carbocycles. The Morgan fingerprint density at radius 3 is 2.60 bits per heavy atom. The Morgan fingerprint density at radius 1 is 1.25 bits per heavy atom. The van der Waals surface area contributed by atoms with Crippen molar-refractivity contribution in [2.75, 3.05) is 13.7 Å². The van der Waals surface area contributed by atoms with E-state index in [1.807, 2.05) is 24.3 Å². The third kappa shape index (κ3) is 3.60. The number of carbonyl (C=O) groups is 1. The number of methoxy groups -OCH3 is 1. The summed E-state index contributed by atoms with van der Waals surface area (Å²) >= 11 is 0. The predicted molar refractivity (Wildman–Crippen MR) is 80.9 cm³/mol. The van der Waals surface area contributed by atoms with Gasteiger partial charge >= 0.3 is 0 Å². The number of nitrogens with two attached hydrogens (primary N) is 1. The van der Waals surface area contributed by atoms with E-state index in [4.69, 9.17) is 10.5 Å². The van der Waals surface area contributed by atoms with Gasteiger partial charge in [-0.25, -0.2) is 0 Å². The van der Waals surface area contributed by atoms with Crippen molar-refractivity contribution >= 4 is 5.78 Å². The van der Waals surface area contributed by atoms with Crippen molar-refractivity contribution in [1.82, 2.24) is 0 Å². The normalized spacial score (nSPS) is 17.7. The second kappa shape index (κ2) is 6.89. The molecule has 2 rings (SSSR count). The molecule has 1 aliphatic rings. The van der Waals surface area contributed by atoms with Crippen molar-refractivity contribution in [3.8, 4) is 5.75 Å².